The number of anilines is 2. The lowest BCUT2D eigenvalue weighted by Gasteiger charge is -2.04. The van der Waals surface area contributed by atoms with Crippen molar-refractivity contribution in [2.45, 2.75) is 6.92 Å². The van der Waals surface area contributed by atoms with Crippen LogP contribution in [-0.2, 0) is 9.59 Å². The first-order valence-electron chi connectivity index (χ1n) is 5.36. The van der Waals surface area contributed by atoms with E-state index in [1.807, 2.05) is 0 Å². The molecule has 0 unspecified atom stereocenters. The summed E-state index contributed by atoms with van der Waals surface area (Å²) >= 11 is 0. The van der Waals surface area contributed by atoms with Crippen LogP contribution in [0.5, 0.6) is 0 Å². The van der Waals surface area contributed by atoms with Gasteiger partial charge in [-0.1, -0.05) is 5.16 Å². The molecule has 7 heteroatoms. The summed E-state index contributed by atoms with van der Waals surface area (Å²) < 4.78 is 17.4. The Kier molecular flexibility index (Phi) is 3.56. The topological polar surface area (TPSA) is 84.2 Å². The van der Waals surface area contributed by atoms with Crippen molar-refractivity contribution in [2.75, 3.05) is 10.6 Å². The van der Waals surface area contributed by atoms with Gasteiger partial charge >= 0.3 is 11.8 Å². The van der Waals surface area contributed by atoms with Gasteiger partial charge in [-0.2, -0.15) is 0 Å². The molecule has 2 amide bonds. The molecule has 2 rings (SSSR count). The van der Waals surface area contributed by atoms with E-state index in [0.717, 1.165) is 0 Å². The molecule has 1 aromatic carbocycles. The van der Waals surface area contributed by atoms with Crippen molar-refractivity contribution in [3.63, 3.8) is 0 Å². The van der Waals surface area contributed by atoms with Gasteiger partial charge in [0, 0.05) is 11.8 Å². The molecule has 0 atom stereocenters. The second-order valence-corrected chi connectivity index (χ2v) is 3.74. The zero-order valence-corrected chi connectivity index (χ0v) is 9.94. The fourth-order valence-corrected chi connectivity index (χ4v) is 1.32. The minimum Gasteiger partial charge on any atom is -0.360 e. The molecule has 0 bridgehead atoms. The highest BCUT2D eigenvalue weighted by atomic mass is 19.1. The van der Waals surface area contributed by atoms with Crippen LogP contribution < -0.4 is 10.6 Å². The molecule has 0 fully saturated rings. The SMILES string of the molecule is Cc1cc(NC(=O)C(=O)Nc2ccc(F)cc2)no1. The Morgan fingerprint density at radius 3 is 2.37 bits per heavy atom. The van der Waals surface area contributed by atoms with Gasteiger partial charge in [-0.15, -0.1) is 0 Å². The Morgan fingerprint density at radius 1 is 1.16 bits per heavy atom. The van der Waals surface area contributed by atoms with Gasteiger partial charge in [0.05, 0.1) is 0 Å². The van der Waals surface area contributed by atoms with Crippen molar-refractivity contribution in [3.8, 4) is 0 Å². The van der Waals surface area contributed by atoms with Gasteiger partial charge < -0.3 is 9.84 Å². The Hall–Kier alpha value is -2.70. The highest BCUT2D eigenvalue weighted by Gasteiger charge is 2.15. The molecule has 0 radical (unpaired) electrons. The normalized spacial score (nSPS) is 10.0. The molecular weight excluding hydrogens is 253 g/mol. The molecule has 98 valence electrons. The number of aromatic nitrogens is 1. The predicted molar refractivity (Wildman–Crippen MR) is 64.9 cm³/mol. The highest BCUT2D eigenvalue weighted by Crippen LogP contribution is 2.09. The molecule has 0 saturated carbocycles. The van der Waals surface area contributed by atoms with Crippen LogP contribution in [0, 0.1) is 12.7 Å². The van der Waals surface area contributed by atoms with Gasteiger partial charge in [0.1, 0.15) is 11.6 Å². The Morgan fingerprint density at radius 2 is 1.79 bits per heavy atom. The van der Waals surface area contributed by atoms with Gasteiger partial charge in [-0.3, -0.25) is 14.9 Å². The van der Waals surface area contributed by atoms with Crippen LogP contribution in [0.25, 0.3) is 0 Å². The van der Waals surface area contributed by atoms with E-state index in [2.05, 4.69) is 15.8 Å². The Balaban J connectivity index is 1.96. The monoisotopic (exact) mass is 263 g/mol. The maximum Gasteiger partial charge on any atom is 0.315 e. The van der Waals surface area contributed by atoms with Crippen molar-refractivity contribution in [1.82, 2.24) is 5.16 Å². The van der Waals surface area contributed by atoms with E-state index in [1.54, 1.807) is 6.92 Å². The summed E-state index contributed by atoms with van der Waals surface area (Å²) in [6.45, 7) is 1.65. The van der Waals surface area contributed by atoms with E-state index in [0.29, 0.717) is 11.4 Å². The Labute approximate surface area is 107 Å². The standard InChI is InChI=1S/C12H10FN3O3/c1-7-6-10(16-19-7)15-12(18)11(17)14-9-4-2-8(13)3-5-9/h2-6H,1H3,(H,14,17)(H,15,16,18). The molecule has 2 N–H and O–H groups in total. The van der Waals surface area contributed by atoms with Crippen LogP contribution in [0.3, 0.4) is 0 Å². The van der Waals surface area contributed by atoms with Crippen LogP contribution >= 0.6 is 0 Å². The van der Waals surface area contributed by atoms with Crippen LogP contribution in [-0.4, -0.2) is 17.0 Å². The lowest BCUT2D eigenvalue weighted by molar-refractivity contribution is -0.133. The number of hydrogen-bond donors (Lipinski definition) is 2. The minimum absolute atomic E-state index is 0.150. The number of amides is 2. The summed E-state index contributed by atoms with van der Waals surface area (Å²) in [6.07, 6.45) is 0. The molecule has 6 nitrogen and oxygen atoms in total. The molecule has 1 heterocycles. The smallest absolute Gasteiger partial charge is 0.315 e. The molecule has 0 aliphatic heterocycles. The van der Waals surface area contributed by atoms with E-state index in [4.69, 9.17) is 4.52 Å². The van der Waals surface area contributed by atoms with Crippen molar-refractivity contribution in [1.29, 1.82) is 0 Å². The fraction of sp³-hybridized carbons (Fsp3) is 0.0833. The number of carbonyl (C=O) groups excluding carboxylic acids is 2. The molecule has 0 saturated heterocycles. The summed E-state index contributed by atoms with van der Waals surface area (Å²) in [6, 6.07) is 6.52. The van der Waals surface area contributed by atoms with Crippen LogP contribution in [0.1, 0.15) is 5.76 Å². The van der Waals surface area contributed by atoms with E-state index in [1.165, 1.54) is 30.3 Å². The summed E-state index contributed by atoms with van der Waals surface area (Å²) in [5, 5.41) is 8.10. The van der Waals surface area contributed by atoms with Crippen molar-refractivity contribution in [3.05, 3.63) is 41.9 Å². The zero-order valence-electron chi connectivity index (χ0n) is 9.94. The summed E-state index contributed by atoms with van der Waals surface area (Å²) in [5.41, 5.74) is 0.317. The van der Waals surface area contributed by atoms with Gasteiger partial charge in [0.15, 0.2) is 5.82 Å². The second kappa shape index (κ2) is 5.30. The third kappa shape index (κ3) is 3.38. The van der Waals surface area contributed by atoms with Gasteiger partial charge in [-0.05, 0) is 31.2 Å². The number of benzene rings is 1. The van der Waals surface area contributed by atoms with E-state index in [-0.39, 0.29) is 5.82 Å². The lowest BCUT2D eigenvalue weighted by atomic mass is 10.3. The summed E-state index contributed by atoms with van der Waals surface area (Å²) in [7, 11) is 0. The molecule has 0 aliphatic carbocycles. The molecular formula is C12H10FN3O3. The Bertz CT molecular complexity index is 607. The van der Waals surface area contributed by atoms with Crippen LogP contribution in [0.2, 0.25) is 0 Å². The van der Waals surface area contributed by atoms with Gasteiger partial charge in [0.2, 0.25) is 0 Å². The van der Waals surface area contributed by atoms with E-state index >= 15 is 0 Å². The maximum absolute atomic E-state index is 12.7. The fourth-order valence-electron chi connectivity index (χ4n) is 1.32. The molecule has 19 heavy (non-hydrogen) atoms. The number of halogens is 1. The number of hydrogen-bond acceptors (Lipinski definition) is 4. The number of carbonyl (C=O) groups is 2. The maximum atomic E-state index is 12.7. The van der Waals surface area contributed by atoms with Crippen molar-refractivity contribution < 1.29 is 18.5 Å². The molecule has 1 aromatic heterocycles. The highest BCUT2D eigenvalue weighted by molar-refractivity contribution is 6.43. The van der Waals surface area contributed by atoms with Gasteiger partial charge in [0.25, 0.3) is 0 Å². The largest absolute Gasteiger partial charge is 0.360 e. The van der Waals surface area contributed by atoms with E-state index in [9.17, 15) is 14.0 Å². The van der Waals surface area contributed by atoms with E-state index < -0.39 is 17.6 Å². The molecule has 2 aromatic rings. The predicted octanol–water partition coefficient (Wildman–Crippen LogP) is 1.70. The average Bonchev–Trinajstić information content (AvgIpc) is 2.77. The number of rotatable bonds is 2. The molecule has 0 aliphatic rings. The second-order valence-electron chi connectivity index (χ2n) is 3.74. The third-order valence-electron chi connectivity index (χ3n) is 2.18. The number of nitrogens with one attached hydrogen (secondary N) is 2. The first-order valence-corrected chi connectivity index (χ1v) is 5.36. The average molecular weight is 263 g/mol. The first kappa shape index (κ1) is 12.7. The van der Waals surface area contributed by atoms with Crippen molar-refractivity contribution >= 4 is 23.3 Å². The number of aryl methyl sites for hydroxylation is 1. The summed E-state index contributed by atoms with van der Waals surface area (Å²) in [4.78, 5) is 23.0. The quantitative estimate of drug-likeness (QED) is 0.808. The first-order chi connectivity index (χ1) is 9.04. The summed E-state index contributed by atoms with van der Waals surface area (Å²) in [5.74, 6) is -1.54. The third-order valence-corrected chi connectivity index (χ3v) is 2.18. The number of nitrogens with zero attached hydrogens (tertiary/aromatic N) is 1. The van der Waals surface area contributed by atoms with Gasteiger partial charge in [-0.25, -0.2) is 4.39 Å². The van der Waals surface area contributed by atoms with Crippen LogP contribution in [0.15, 0.2) is 34.9 Å². The van der Waals surface area contributed by atoms with Crippen LogP contribution in [0.4, 0.5) is 15.9 Å². The lowest BCUT2D eigenvalue weighted by Crippen LogP contribution is -2.29. The zero-order chi connectivity index (χ0) is 13.8. The van der Waals surface area contributed by atoms with Crippen molar-refractivity contribution in [2.24, 2.45) is 0 Å². The molecule has 0 spiro atoms. The minimum atomic E-state index is -0.891.